The Morgan fingerprint density at radius 2 is 1.91 bits per heavy atom. The van der Waals surface area contributed by atoms with Crippen LogP contribution < -0.4 is 5.73 Å². The maximum atomic E-state index is 5.87. The highest BCUT2D eigenvalue weighted by Gasteiger charge is 2.16. The maximum absolute atomic E-state index is 5.87. The Morgan fingerprint density at radius 1 is 1.09 bits per heavy atom. The molecule has 1 aromatic heterocycles. The topological polar surface area (TPSA) is 56.7 Å². The van der Waals surface area contributed by atoms with Gasteiger partial charge >= 0.3 is 0 Å². The van der Waals surface area contributed by atoms with E-state index < -0.39 is 0 Å². The lowest BCUT2D eigenvalue weighted by atomic mass is 10.1. The van der Waals surface area contributed by atoms with Gasteiger partial charge in [-0.25, -0.2) is 4.68 Å². The molecule has 0 bridgehead atoms. The summed E-state index contributed by atoms with van der Waals surface area (Å²) in [6.07, 6.45) is 0.946. The number of rotatable bonds is 4. The molecule has 4 nitrogen and oxygen atoms in total. The zero-order valence-corrected chi connectivity index (χ0v) is 13.0. The normalized spacial score (nSPS) is 10.9. The summed E-state index contributed by atoms with van der Waals surface area (Å²) in [6.45, 7) is 4.60. The average Bonchev–Trinajstić information content (AvgIpc) is 2.98. The summed E-state index contributed by atoms with van der Waals surface area (Å²) in [6, 6.07) is 16.6. The van der Waals surface area contributed by atoms with Crippen molar-refractivity contribution in [3.05, 3.63) is 65.4 Å². The second-order valence-electron chi connectivity index (χ2n) is 5.35. The number of aryl methyl sites for hydroxylation is 2. The number of nitrogens with zero attached hydrogens (tertiary/aromatic N) is 3. The van der Waals surface area contributed by atoms with E-state index in [1.807, 2.05) is 16.8 Å². The van der Waals surface area contributed by atoms with E-state index in [0.29, 0.717) is 6.54 Å². The molecule has 0 aliphatic rings. The van der Waals surface area contributed by atoms with Gasteiger partial charge in [-0.2, -0.15) is 0 Å². The van der Waals surface area contributed by atoms with Gasteiger partial charge in [-0.3, -0.25) is 0 Å². The van der Waals surface area contributed by atoms with Crippen LogP contribution in [0.3, 0.4) is 0 Å². The van der Waals surface area contributed by atoms with E-state index in [0.717, 1.165) is 29.1 Å². The molecule has 3 aromatic rings. The van der Waals surface area contributed by atoms with Crippen LogP contribution in [0.5, 0.6) is 0 Å². The third kappa shape index (κ3) is 2.53. The number of aromatic nitrogens is 3. The number of hydrogen-bond acceptors (Lipinski definition) is 3. The van der Waals surface area contributed by atoms with Crippen LogP contribution in [0.25, 0.3) is 16.9 Å². The molecular weight excluding hydrogens is 272 g/mol. The van der Waals surface area contributed by atoms with Crippen molar-refractivity contribution < 1.29 is 0 Å². The molecule has 1 heterocycles. The number of benzene rings is 2. The minimum absolute atomic E-state index is 0.373. The summed E-state index contributed by atoms with van der Waals surface area (Å²) in [5.41, 5.74) is 12.3. The molecule has 0 atom stereocenters. The molecule has 22 heavy (non-hydrogen) atoms. The van der Waals surface area contributed by atoms with Crippen molar-refractivity contribution in [1.29, 1.82) is 0 Å². The zero-order chi connectivity index (χ0) is 15.5. The Labute approximate surface area is 130 Å². The minimum Gasteiger partial charge on any atom is -0.325 e. The fourth-order valence-electron chi connectivity index (χ4n) is 2.72. The van der Waals surface area contributed by atoms with Crippen LogP contribution in [-0.2, 0) is 13.0 Å². The number of para-hydroxylation sites is 1. The van der Waals surface area contributed by atoms with Gasteiger partial charge in [0, 0.05) is 12.1 Å². The van der Waals surface area contributed by atoms with Crippen LogP contribution in [0, 0.1) is 6.92 Å². The summed E-state index contributed by atoms with van der Waals surface area (Å²) in [4.78, 5) is 0. The molecule has 2 N–H and O–H groups in total. The molecule has 0 unspecified atom stereocenters. The Morgan fingerprint density at radius 3 is 2.64 bits per heavy atom. The highest BCUT2D eigenvalue weighted by Crippen LogP contribution is 2.27. The van der Waals surface area contributed by atoms with E-state index in [9.17, 15) is 0 Å². The standard InChI is InChI=1S/C18H20N4/c1-3-14-8-4-5-10-17(14)22-18(16(12-19)20-21-22)15-9-6-7-13(2)11-15/h4-11H,3,12,19H2,1-2H3. The van der Waals surface area contributed by atoms with Crippen molar-refractivity contribution in [3.63, 3.8) is 0 Å². The Hall–Kier alpha value is -2.46. The molecule has 2 aromatic carbocycles. The molecule has 0 amide bonds. The molecule has 0 saturated heterocycles. The molecule has 0 aliphatic carbocycles. The first-order valence-electron chi connectivity index (χ1n) is 7.54. The van der Waals surface area contributed by atoms with E-state index in [2.05, 4.69) is 60.6 Å². The summed E-state index contributed by atoms with van der Waals surface area (Å²) >= 11 is 0. The van der Waals surface area contributed by atoms with Gasteiger partial charge in [0.1, 0.15) is 5.69 Å². The Bertz CT molecular complexity index is 789. The summed E-state index contributed by atoms with van der Waals surface area (Å²) < 4.78 is 1.91. The van der Waals surface area contributed by atoms with Gasteiger partial charge in [-0.1, -0.05) is 54.1 Å². The molecule has 0 fully saturated rings. The monoisotopic (exact) mass is 292 g/mol. The van der Waals surface area contributed by atoms with E-state index in [4.69, 9.17) is 5.73 Å². The van der Waals surface area contributed by atoms with Crippen LogP contribution in [0.4, 0.5) is 0 Å². The lowest BCUT2D eigenvalue weighted by Gasteiger charge is -2.12. The van der Waals surface area contributed by atoms with Crippen LogP contribution in [0.15, 0.2) is 48.5 Å². The predicted octanol–water partition coefficient (Wildman–Crippen LogP) is 3.26. The highest BCUT2D eigenvalue weighted by atomic mass is 15.4. The first-order chi connectivity index (χ1) is 10.7. The summed E-state index contributed by atoms with van der Waals surface area (Å²) in [7, 11) is 0. The summed E-state index contributed by atoms with van der Waals surface area (Å²) in [5.74, 6) is 0. The fourth-order valence-corrected chi connectivity index (χ4v) is 2.72. The number of nitrogens with two attached hydrogens (primary N) is 1. The van der Waals surface area contributed by atoms with Gasteiger partial charge in [0.25, 0.3) is 0 Å². The van der Waals surface area contributed by atoms with Crippen molar-refractivity contribution in [2.24, 2.45) is 5.73 Å². The van der Waals surface area contributed by atoms with Crippen molar-refractivity contribution in [2.45, 2.75) is 26.8 Å². The van der Waals surface area contributed by atoms with Gasteiger partial charge in [-0.15, -0.1) is 5.10 Å². The van der Waals surface area contributed by atoms with Gasteiger partial charge in [0.2, 0.25) is 0 Å². The van der Waals surface area contributed by atoms with E-state index in [1.165, 1.54) is 11.1 Å². The molecule has 0 radical (unpaired) electrons. The molecule has 3 rings (SSSR count). The molecule has 112 valence electrons. The predicted molar refractivity (Wildman–Crippen MR) is 88.8 cm³/mol. The average molecular weight is 292 g/mol. The number of hydrogen-bond donors (Lipinski definition) is 1. The van der Waals surface area contributed by atoms with Crippen LogP contribution >= 0.6 is 0 Å². The van der Waals surface area contributed by atoms with E-state index in [-0.39, 0.29) is 0 Å². The fraction of sp³-hybridized carbons (Fsp3) is 0.222. The van der Waals surface area contributed by atoms with Gasteiger partial charge < -0.3 is 5.73 Å². The lowest BCUT2D eigenvalue weighted by molar-refractivity contribution is 0.791. The molecular formula is C18H20N4. The molecule has 0 saturated carbocycles. The van der Waals surface area contributed by atoms with Crippen LogP contribution in [0.1, 0.15) is 23.7 Å². The highest BCUT2D eigenvalue weighted by molar-refractivity contribution is 5.65. The van der Waals surface area contributed by atoms with Gasteiger partial charge in [0.15, 0.2) is 0 Å². The lowest BCUT2D eigenvalue weighted by Crippen LogP contribution is -2.05. The van der Waals surface area contributed by atoms with Crippen molar-refractivity contribution >= 4 is 0 Å². The largest absolute Gasteiger partial charge is 0.325 e. The quantitative estimate of drug-likeness (QED) is 0.803. The SMILES string of the molecule is CCc1ccccc1-n1nnc(CN)c1-c1cccc(C)c1. The smallest absolute Gasteiger partial charge is 0.105 e. The molecule has 0 spiro atoms. The van der Waals surface area contributed by atoms with Crippen molar-refractivity contribution in [1.82, 2.24) is 15.0 Å². The summed E-state index contributed by atoms with van der Waals surface area (Å²) in [5, 5.41) is 8.64. The Kier molecular flexibility index (Phi) is 4.02. The maximum Gasteiger partial charge on any atom is 0.105 e. The van der Waals surface area contributed by atoms with Crippen molar-refractivity contribution in [3.8, 4) is 16.9 Å². The second kappa shape index (κ2) is 6.12. The molecule has 4 heteroatoms. The van der Waals surface area contributed by atoms with E-state index in [1.54, 1.807) is 0 Å². The third-order valence-corrected chi connectivity index (χ3v) is 3.83. The third-order valence-electron chi connectivity index (χ3n) is 3.83. The van der Waals surface area contributed by atoms with Gasteiger partial charge in [-0.05, 0) is 31.0 Å². The van der Waals surface area contributed by atoms with Gasteiger partial charge in [0.05, 0.1) is 11.4 Å². The molecule has 0 aliphatic heterocycles. The Balaban J connectivity index is 2.24. The first-order valence-corrected chi connectivity index (χ1v) is 7.54. The van der Waals surface area contributed by atoms with Crippen molar-refractivity contribution in [2.75, 3.05) is 0 Å². The van der Waals surface area contributed by atoms with Crippen LogP contribution in [-0.4, -0.2) is 15.0 Å². The first kappa shape index (κ1) is 14.5. The minimum atomic E-state index is 0.373. The van der Waals surface area contributed by atoms with E-state index >= 15 is 0 Å². The van der Waals surface area contributed by atoms with Crippen LogP contribution in [0.2, 0.25) is 0 Å². The zero-order valence-electron chi connectivity index (χ0n) is 13.0. The second-order valence-corrected chi connectivity index (χ2v) is 5.35.